The molecular weight excluding hydrogens is 554 g/mol. The van der Waals surface area contributed by atoms with Crippen molar-refractivity contribution in [2.45, 2.75) is 58.3 Å². The standard InChI is InChI=1S/C37H39NO6/c1-6-42-34(40)32(38-35(41)44-36(3,4)5)25-27-22-23-33(31(24-27)26(2)39)43-37(28-16-10-7-11-17-28,29-18-12-8-13-19-29)30-20-14-9-15-21-30/h7-24,32H,6,25H2,1-5H3,(H,38,41)/t32-/m0/s1. The van der Waals surface area contributed by atoms with E-state index in [2.05, 4.69) is 5.32 Å². The maximum absolute atomic E-state index is 13.1. The van der Waals surface area contributed by atoms with Gasteiger partial charge in [0.05, 0.1) is 12.2 Å². The number of benzene rings is 4. The van der Waals surface area contributed by atoms with E-state index in [0.29, 0.717) is 16.9 Å². The van der Waals surface area contributed by atoms with Crippen molar-refractivity contribution in [1.82, 2.24) is 5.32 Å². The molecule has 0 heterocycles. The molecule has 0 aliphatic heterocycles. The van der Waals surface area contributed by atoms with Crippen LogP contribution < -0.4 is 10.1 Å². The number of esters is 1. The molecule has 0 aliphatic carbocycles. The van der Waals surface area contributed by atoms with E-state index in [4.69, 9.17) is 14.2 Å². The summed E-state index contributed by atoms with van der Waals surface area (Å²) in [7, 11) is 0. The number of carbonyl (C=O) groups excluding carboxylic acids is 3. The fourth-order valence-corrected chi connectivity index (χ4v) is 5.05. The Morgan fingerprint density at radius 1 is 0.750 bits per heavy atom. The number of ketones is 1. The molecule has 0 saturated heterocycles. The third-order valence-electron chi connectivity index (χ3n) is 6.93. The Morgan fingerprint density at radius 3 is 1.68 bits per heavy atom. The molecule has 0 aromatic heterocycles. The lowest BCUT2D eigenvalue weighted by Gasteiger charge is -2.37. The molecule has 228 valence electrons. The van der Waals surface area contributed by atoms with Crippen LogP contribution in [0.2, 0.25) is 0 Å². The molecule has 1 atom stereocenters. The van der Waals surface area contributed by atoms with Crippen LogP contribution in [0.25, 0.3) is 0 Å². The average Bonchev–Trinajstić information content (AvgIpc) is 3.00. The first-order valence-corrected chi connectivity index (χ1v) is 14.7. The topological polar surface area (TPSA) is 90.9 Å². The van der Waals surface area contributed by atoms with E-state index in [1.165, 1.54) is 6.92 Å². The zero-order valence-electron chi connectivity index (χ0n) is 25.8. The van der Waals surface area contributed by atoms with Crippen molar-refractivity contribution in [3.8, 4) is 5.75 Å². The van der Waals surface area contributed by atoms with Crippen molar-refractivity contribution in [3.63, 3.8) is 0 Å². The number of hydrogen-bond acceptors (Lipinski definition) is 6. The van der Waals surface area contributed by atoms with E-state index in [0.717, 1.165) is 16.7 Å². The summed E-state index contributed by atoms with van der Waals surface area (Å²) in [5.41, 5.74) is 1.82. The van der Waals surface area contributed by atoms with E-state index >= 15 is 0 Å². The van der Waals surface area contributed by atoms with Crippen molar-refractivity contribution < 1.29 is 28.6 Å². The number of amides is 1. The average molecular weight is 594 g/mol. The summed E-state index contributed by atoms with van der Waals surface area (Å²) in [6, 6.07) is 33.9. The normalized spacial score (nSPS) is 12.1. The van der Waals surface area contributed by atoms with Crippen molar-refractivity contribution in [2.75, 3.05) is 6.61 Å². The van der Waals surface area contributed by atoms with Gasteiger partial charge in [0, 0.05) is 23.1 Å². The minimum atomic E-state index is -1.08. The van der Waals surface area contributed by atoms with Crippen LogP contribution in [0.4, 0.5) is 4.79 Å². The zero-order chi connectivity index (χ0) is 31.7. The molecular formula is C37H39NO6. The third-order valence-corrected chi connectivity index (χ3v) is 6.93. The molecule has 0 unspecified atom stereocenters. The van der Waals surface area contributed by atoms with E-state index in [9.17, 15) is 14.4 Å². The Labute approximate surface area is 259 Å². The first-order valence-electron chi connectivity index (χ1n) is 14.7. The molecule has 0 aliphatic rings. The van der Waals surface area contributed by atoms with E-state index < -0.39 is 29.3 Å². The number of rotatable bonds is 11. The summed E-state index contributed by atoms with van der Waals surface area (Å²) in [5.74, 6) is -0.428. The summed E-state index contributed by atoms with van der Waals surface area (Å²) in [6.07, 6.45) is -0.652. The Balaban J connectivity index is 1.78. The molecule has 0 fully saturated rings. The predicted molar refractivity (Wildman–Crippen MR) is 170 cm³/mol. The quantitative estimate of drug-likeness (QED) is 0.112. The smallest absolute Gasteiger partial charge is 0.408 e. The molecule has 4 rings (SSSR count). The lowest BCUT2D eigenvalue weighted by atomic mass is 9.80. The summed E-state index contributed by atoms with van der Waals surface area (Å²) in [6.45, 7) is 8.54. The van der Waals surface area contributed by atoms with Crippen molar-refractivity contribution in [3.05, 3.63) is 137 Å². The highest BCUT2D eigenvalue weighted by Crippen LogP contribution is 2.42. The third kappa shape index (κ3) is 7.72. The van der Waals surface area contributed by atoms with Gasteiger partial charge in [0.2, 0.25) is 0 Å². The molecule has 0 spiro atoms. The van der Waals surface area contributed by atoms with E-state index in [-0.39, 0.29) is 18.8 Å². The molecule has 7 heteroatoms. The second-order valence-electron chi connectivity index (χ2n) is 11.4. The minimum Gasteiger partial charge on any atom is -0.472 e. The highest BCUT2D eigenvalue weighted by atomic mass is 16.6. The summed E-state index contributed by atoms with van der Waals surface area (Å²) >= 11 is 0. The van der Waals surface area contributed by atoms with Gasteiger partial charge in [0.1, 0.15) is 17.4 Å². The lowest BCUT2D eigenvalue weighted by molar-refractivity contribution is -0.145. The molecule has 1 amide bonds. The van der Waals surface area contributed by atoms with Crippen LogP contribution in [0, 0.1) is 0 Å². The molecule has 7 nitrogen and oxygen atoms in total. The Kier molecular flexibility index (Phi) is 10.2. The molecule has 4 aromatic rings. The monoisotopic (exact) mass is 593 g/mol. The van der Waals surface area contributed by atoms with Crippen LogP contribution in [0.3, 0.4) is 0 Å². The minimum absolute atomic E-state index is 0.0832. The zero-order valence-corrected chi connectivity index (χ0v) is 25.8. The van der Waals surface area contributed by atoms with Crippen LogP contribution in [0.1, 0.15) is 67.2 Å². The Morgan fingerprint density at radius 2 is 1.25 bits per heavy atom. The van der Waals surface area contributed by atoms with Gasteiger partial charge in [-0.1, -0.05) is 97.1 Å². The van der Waals surface area contributed by atoms with Crippen molar-refractivity contribution in [2.24, 2.45) is 0 Å². The first kappa shape index (κ1) is 32.0. The summed E-state index contributed by atoms with van der Waals surface area (Å²) < 4.78 is 17.6. The summed E-state index contributed by atoms with van der Waals surface area (Å²) in [5, 5.41) is 2.62. The van der Waals surface area contributed by atoms with Gasteiger partial charge in [-0.2, -0.15) is 0 Å². The van der Waals surface area contributed by atoms with Gasteiger partial charge in [0.15, 0.2) is 11.4 Å². The van der Waals surface area contributed by atoms with Crippen LogP contribution in [-0.4, -0.2) is 36.1 Å². The lowest BCUT2D eigenvalue weighted by Crippen LogP contribution is -2.45. The van der Waals surface area contributed by atoms with Gasteiger partial charge in [-0.3, -0.25) is 4.79 Å². The molecule has 4 aromatic carbocycles. The fourth-order valence-electron chi connectivity index (χ4n) is 5.05. The second-order valence-corrected chi connectivity index (χ2v) is 11.4. The molecule has 44 heavy (non-hydrogen) atoms. The van der Waals surface area contributed by atoms with E-state index in [1.54, 1.807) is 45.9 Å². The maximum Gasteiger partial charge on any atom is 0.408 e. The van der Waals surface area contributed by atoms with Crippen molar-refractivity contribution in [1.29, 1.82) is 0 Å². The number of alkyl carbamates (subject to hydrolysis) is 1. The number of nitrogens with one attached hydrogen (secondary N) is 1. The van der Waals surface area contributed by atoms with Gasteiger partial charge in [-0.15, -0.1) is 0 Å². The predicted octanol–water partition coefficient (Wildman–Crippen LogP) is 7.26. The number of Topliss-reactive ketones (excluding diaryl/α,β-unsaturated/α-hetero) is 1. The van der Waals surface area contributed by atoms with Crippen molar-refractivity contribution >= 4 is 17.8 Å². The van der Waals surface area contributed by atoms with Gasteiger partial charge < -0.3 is 19.5 Å². The molecule has 0 saturated carbocycles. The maximum atomic E-state index is 13.1. The molecule has 1 N–H and O–H groups in total. The Bertz CT molecular complexity index is 1470. The van der Waals surface area contributed by atoms with Gasteiger partial charge >= 0.3 is 12.1 Å². The van der Waals surface area contributed by atoms with Crippen LogP contribution in [0.5, 0.6) is 5.75 Å². The largest absolute Gasteiger partial charge is 0.472 e. The second kappa shape index (κ2) is 14.0. The first-order chi connectivity index (χ1) is 21.0. The molecule has 0 bridgehead atoms. The summed E-state index contributed by atoms with van der Waals surface area (Å²) in [4.78, 5) is 38.5. The highest BCUT2D eigenvalue weighted by molar-refractivity contribution is 5.97. The van der Waals surface area contributed by atoms with E-state index in [1.807, 2.05) is 91.0 Å². The van der Waals surface area contributed by atoms with Crippen LogP contribution in [0.15, 0.2) is 109 Å². The highest BCUT2D eigenvalue weighted by Gasteiger charge is 2.39. The van der Waals surface area contributed by atoms with Crippen LogP contribution in [-0.2, 0) is 26.3 Å². The molecule has 0 radical (unpaired) electrons. The number of ether oxygens (including phenoxy) is 3. The number of carbonyl (C=O) groups is 3. The van der Waals surface area contributed by atoms with Gasteiger partial charge in [-0.25, -0.2) is 9.59 Å². The van der Waals surface area contributed by atoms with Gasteiger partial charge in [-0.05, 0) is 52.3 Å². The van der Waals surface area contributed by atoms with Crippen LogP contribution >= 0.6 is 0 Å². The number of hydrogen-bond donors (Lipinski definition) is 1. The van der Waals surface area contributed by atoms with Gasteiger partial charge in [0.25, 0.3) is 0 Å². The fraction of sp³-hybridized carbons (Fsp3) is 0.270. The Hall–Kier alpha value is -4.91. The SMILES string of the molecule is CCOC(=O)[C@H](Cc1ccc(OC(c2ccccc2)(c2ccccc2)c2ccccc2)c(C(C)=O)c1)NC(=O)OC(C)(C)C.